The van der Waals surface area contributed by atoms with Gasteiger partial charge in [0.1, 0.15) is 0 Å². The number of rotatable bonds is 62. The third kappa shape index (κ3) is 60.9. The van der Waals surface area contributed by atoms with Crippen molar-refractivity contribution >= 4 is 11.9 Å². The van der Waals surface area contributed by atoms with Gasteiger partial charge in [-0.1, -0.05) is 313 Å². The first-order chi connectivity index (χ1) is 37.0. The fourth-order valence-corrected chi connectivity index (χ4v) is 10.3. The minimum Gasteiger partial charge on any atom is -0.465 e. The van der Waals surface area contributed by atoms with Crippen LogP contribution in [0.4, 0.5) is 0 Å². The zero-order valence-corrected chi connectivity index (χ0v) is 50.3. The highest BCUT2D eigenvalue weighted by Crippen LogP contribution is 2.18. The molecule has 0 saturated carbocycles. The SMILES string of the molecule is CCCCC/C=C\C/C=C\CCCCCCCCCC(=O)OCC/C=C\C/C=C\CCCCCCCCCCCCCCCCC(=O)NC(CO)C(O)CCCCCCCCCCCCCCCCCCCCCC. The Morgan fingerprint density at radius 2 is 0.667 bits per heavy atom. The molecular formula is C69H129NO5. The Morgan fingerprint density at radius 3 is 1.04 bits per heavy atom. The monoisotopic (exact) mass is 1050 g/mol. The van der Waals surface area contributed by atoms with E-state index in [4.69, 9.17) is 4.74 Å². The zero-order chi connectivity index (χ0) is 54.3. The summed E-state index contributed by atoms with van der Waals surface area (Å²) < 4.78 is 5.43. The highest BCUT2D eigenvalue weighted by Gasteiger charge is 2.20. The lowest BCUT2D eigenvalue weighted by Gasteiger charge is -2.22. The lowest BCUT2D eigenvalue weighted by Crippen LogP contribution is -2.45. The molecule has 75 heavy (non-hydrogen) atoms. The van der Waals surface area contributed by atoms with Crippen molar-refractivity contribution in [1.82, 2.24) is 5.32 Å². The summed E-state index contributed by atoms with van der Waals surface area (Å²) in [7, 11) is 0. The molecule has 2 atom stereocenters. The Hall–Kier alpha value is -2.18. The van der Waals surface area contributed by atoms with Crippen LogP contribution in [0, 0.1) is 0 Å². The number of hydrogen-bond donors (Lipinski definition) is 3. The number of aliphatic hydroxyl groups excluding tert-OH is 2. The van der Waals surface area contributed by atoms with Crippen LogP contribution < -0.4 is 5.32 Å². The van der Waals surface area contributed by atoms with E-state index in [1.807, 2.05) is 0 Å². The highest BCUT2D eigenvalue weighted by molar-refractivity contribution is 5.76. The van der Waals surface area contributed by atoms with Crippen molar-refractivity contribution in [3.05, 3.63) is 48.6 Å². The van der Waals surface area contributed by atoms with Crippen LogP contribution >= 0.6 is 0 Å². The summed E-state index contributed by atoms with van der Waals surface area (Å²) in [6.07, 6.45) is 82.9. The lowest BCUT2D eigenvalue weighted by molar-refractivity contribution is -0.143. The smallest absolute Gasteiger partial charge is 0.305 e. The number of hydrogen-bond acceptors (Lipinski definition) is 5. The Morgan fingerprint density at radius 1 is 0.373 bits per heavy atom. The molecule has 0 spiro atoms. The first kappa shape index (κ1) is 72.8. The molecule has 0 aliphatic carbocycles. The fourth-order valence-electron chi connectivity index (χ4n) is 10.3. The third-order valence-corrected chi connectivity index (χ3v) is 15.4. The van der Waals surface area contributed by atoms with Crippen molar-refractivity contribution in [3.63, 3.8) is 0 Å². The Balaban J connectivity index is 3.45. The van der Waals surface area contributed by atoms with Crippen LogP contribution in [0.5, 0.6) is 0 Å². The average molecular weight is 1050 g/mol. The van der Waals surface area contributed by atoms with Crippen molar-refractivity contribution in [2.45, 2.75) is 366 Å². The minimum absolute atomic E-state index is 0.0372. The second kappa shape index (κ2) is 64.3. The van der Waals surface area contributed by atoms with Crippen LogP contribution in [0.3, 0.4) is 0 Å². The topological polar surface area (TPSA) is 95.9 Å². The number of amides is 1. The second-order valence-electron chi connectivity index (χ2n) is 22.8. The molecule has 1 amide bonds. The number of aliphatic hydroxyl groups is 2. The van der Waals surface area contributed by atoms with E-state index in [2.05, 4.69) is 67.8 Å². The van der Waals surface area contributed by atoms with Crippen molar-refractivity contribution in [3.8, 4) is 0 Å². The van der Waals surface area contributed by atoms with Gasteiger partial charge in [-0.15, -0.1) is 0 Å². The maximum Gasteiger partial charge on any atom is 0.305 e. The molecule has 3 N–H and O–H groups in total. The number of esters is 1. The van der Waals surface area contributed by atoms with Crippen LogP contribution in [-0.4, -0.2) is 47.4 Å². The molecule has 0 bridgehead atoms. The summed E-state index contributed by atoms with van der Waals surface area (Å²) in [5.74, 6) is -0.0799. The molecule has 0 aromatic heterocycles. The molecule has 0 aromatic carbocycles. The maximum atomic E-state index is 12.5. The van der Waals surface area contributed by atoms with Gasteiger partial charge in [-0.2, -0.15) is 0 Å². The van der Waals surface area contributed by atoms with Crippen molar-refractivity contribution in [2.75, 3.05) is 13.2 Å². The molecule has 0 aromatic rings. The number of nitrogens with one attached hydrogen (secondary N) is 1. The summed E-state index contributed by atoms with van der Waals surface area (Å²) in [5.41, 5.74) is 0. The maximum absolute atomic E-state index is 12.5. The van der Waals surface area contributed by atoms with E-state index in [0.29, 0.717) is 25.9 Å². The normalized spacial score (nSPS) is 12.9. The van der Waals surface area contributed by atoms with Gasteiger partial charge in [0, 0.05) is 12.8 Å². The van der Waals surface area contributed by atoms with E-state index in [9.17, 15) is 19.8 Å². The zero-order valence-electron chi connectivity index (χ0n) is 50.3. The van der Waals surface area contributed by atoms with E-state index in [0.717, 1.165) is 57.8 Å². The van der Waals surface area contributed by atoms with Gasteiger partial charge in [-0.05, 0) is 77.0 Å². The molecule has 440 valence electrons. The van der Waals surface area contributed by atoms with Crippen LogP contribution in [0.1, 0.15) is 354 Å². The van der Waals surface area contributed by atoms with E-state index in [-0.39, 0.29) is 18.5 Å². The molecule has 0 heterocycles. The molecule has 6 nitrogen and oxygen atoms in total. The molecule has 2 unspecified atom stereocenters. The second-order valence-corrected chi connectivity index (χ2v) is 22.8. The molecular weight excluding hydrogens is 923 g/mol. The third-order valence-electron chi connectivity index (χ3n) is 15.4. The minimum atomic E-state index is -0.670. The molecule has 6 heteroatoms. The first-order valence-electron chi connectivity index (χ1n) is 33.4. The number of allylic oxidation sites excluding steroid dienone is 7. The van der Waals surface area contributed by atoms with Gasteiger partial charge in [0.05, 0.1) is 25.4 Å². The van der Waals surface area contributed by atoms with Crippen LogP contribution in [0.15, 0.2) is 48.6 Å². The van der Waals surface area contributed by atoms with Crippen molar-refractivity contribution < 1.29 is 24.5 Å². The number of ether oxygens (including phenoxy) is 1. The number of unbranched alkanes of at least 4 members (excludes halogenated alkanes) is 43. The van der Waals surface area contributed by atoms with Gasteiger partial charge in [0.2, 0.25) is 5.91 Å². The van der Waals surface area contributed by atoms with Gasteiger partial charge in [0.25, 0.3) is 0 Å². The van der Waals surface area contributed by atoms with Crippen LogP contribution in [0.2, 0.25) is 0 Å². The quantitative estimate of drug-likeness (QED) is 0.0320. The summed E-state index contributed by atoms with van der Waals surface area (Å²) in [5, 5.41) is 23.4. The van der Waals surface area contributed by atoms with Crippen LogP contribution in [-0.2, 0) is 14.3 Å². The standard InChI is InChI=1S/C69H129NO5/c1-3-5-7-9-11-13-15-17-19-21-22-26-30-33-37-41-45-49-53-57-61-67(72)66(65-71)70-68(73)62-58-54-50-46-42-38-34-31-27-24-23-25-28-32-36-40-44-48-52-56-60-64-75-69(74)63-59-55-51-47-43-39-35-29-20-18-16-14-12-10-8-6-4-2/h12,14,18,20,40,44,52,56,66-67,71-72H,3-11,13,15-17,19,21-39,41-43,45-51,53-55,57-65H2,1-2H3,(H,70,73)/b14-12-,20-18-,44-40-,56-52-. The van der Waals surface area contributed by atoms with E-state index in [1.165, 1.54) is 263 Å². The molecule has 0 rings (SSSR count). The Bertz CT molecular complexity index is 1260. The largest absolute Gasteiger partial charge is 0.465 e. The molecule has 0 aliphatic heterocycles. The van der Waals surface area contributed by atoms with Crippen molar-refractivity contribution in [2.24, 2.45) is 0 Å². The molecule has 0 radical (unpaired) electrons. The van der Waals surface area contributed by atoms with Gasteiger partial charge < -0.3 is 20.3 Å². The van der Waals surface area contributed by atoms with Crippen molar-refractivity contribution in [1.29, 1.82) is 0 Å². The van der Waals surface area contributed by atoms with E-state index < -0.39 is 12.1 Å². The summed E-state index contributed by atoms with van der Waals surface area (Å²) >= 11 is 0. The summed E-state index contributed by atoms with van der Waals surface area (Å²) in [6, 6.07) is -0.547. The fraction of sp³-hybridized carbons (Fsp3) is 0.855. The van der Waals surface area contributed by atoms with E-state index in [1.54, 1.807) is 0 Å². The summed E-state index contributed by atoms with van der Waals surface area (Å²) in [6.45, 7) is 4.84. The molecule has 0 fully saturated rings. The van der Waals surface area contributed by atoms with Gasteiger partial charge >= 0.3 is 5.97 Å². The Labute approximate surface area is 467 Å². The summed E-state index contributed by atoms with van der Waals surface area (Å²) in [4.78, 5) is 24.6. The van der Waals surface area contributed by atoms with Crippen LogP contribution in [0.25, 0.3) is 0 Å². The van der Waals surface area contributed by atoms with Gasteiger partial charge in [0.15, 0.2) is 0 Å². The predicted octanol–water partition coefficient (Wildman–Crippen LogP) is 21.3. The molecule has 0 aliphatic rings. The van der Waals surface area contributed by atoms with Gasteiger partial charge in [-0.25, -0.2) is 0 Å². The van der Waals surface area contributed by atoms with E-state index >= 15 is 0 Å². The number of carbonyl (C=O) groups excluding carboxylic acids is 2. The first-order valence-corrected chi connectivity index (χ1v) is 33.4. The molecule has 0 saturated heterocycles. The average Bonchev–Trinajstić information content (AvgIpc) is 3.41. The highest BCUT2D eigenvalue weighted by atomic mass is 16.5. The predicted molar refractivity (Wildman–Crippen MR) is 329 cm³/mol. The Kier molecular flexibility index (Phi) is 62.5. The lowest BCUT2D eigenvalue weighted by atomic mass is 10.0. The van der Waals surface area contributed by atoms with Gasteiger partial charge in [-0.3, -0.25) is 9.59 Å². The number of carbonyl (C=O) groups is 2.